The topological polar surface area (TPSA) is 60.5 Å². The average Bonchev–Trinajstić information content (AvgIpc) is 3.31. The Labute approximate surface area is 152 Å². The number of aromatic nitrogens is 1. The first kappa shape index (κ1) is 15.9. The van der Waals surface area contributed by atoms with Crippen molar-refractivity contribution in [2.24, 2.45) is 0 Å². The third-order valence-corrected chi connectivity index (χ3v) is 5.15. The zero-order valence-electron chi connectivity index (χ0n) is 13.1. The molecule has 1 aliphatic rings. The number of benzene rings is 1. The van der Waals surface area contributed by atoms with E-state index in [1.807, 2.05) is 41.1 Å². The van der Waals surface area contributed by atoms with Crippen molar-refractivity contribution < 1.29 is 14.3 Å². The minimum absolute atomic E-state index is 0.220. The quantitative estimate of drug-likeness (QED) is 0.696. The van der Waals surface area contributed by atoms with Gasteiger partial charge in [-0.2, -0.15) is 0 Å². The van der Waals surface area contributed by atoms with E-state index >= 15 is 0 Å². The molecule has 1 aromatic carbocycles. The van der Waals surface area contributed by atoms with Gasteiger partial charge in [0.2, 0.25) is 5.91 Å². The van der Waals surface area contributed by atoms with E-state index in [0.29, 0.717) is 24.1 Å². The maximum atomic E-state index is 12.1. The van der Waals surface area contributed by atoms with Crippen molar-refractivity contribution in [2.75, 3.05) is 18.5 Å². The number of hydrogen-bond donors (Lipinski definition) is 1. The van der Waals surface area contributed by atoms with E-state index < -0.39 is 0 Å². The minimum atomic E-state index is -0.220. The summed E-state index contributed by atoms with van der Waals surface area (Å²) in [5, 5.41) is 7.31. The molecule has 25 heavy (non-hydrogen) atoms. The summed E-state index contributed by atoms with van der Waals surface area (Å²) in [6.45, 7) is 1.10. The van der Waals surface area contributed by atoms with Gasteiger partial charge >= 0.3 is 0 Å². The molecule has 0 saturated heterocycles. The normalized spacial score (nSPS) is 13.1. The lowest BCUT2D eigenvalue weighted by Crippen LogP contribution is -2.15. The lowest BCUT2D eigenvalue weighted by atomic mass is 10.2. The summed E-state index contributed by atoms with van der Waals surface area (Å²) in [7, 11) is 0. The minimum Gasteiger partial charge on any atom is -0.486 e. The molecule has 2 aromatic heterocycles. The van der Waals surface area contributed by atoms with Crippen molar-refractivity contribution >= 4 is 39.8 Å². The van der Waals surface area contributed by atoms with Crippen molar-refractivity contribution in [3.8, 4) is 22.1 Å². The number of nitrogens with one attached hydrogen (secondary N) is 1. The van der Waals surface area contributed by atoms with Crippen LogP contribution < -0.4 is 14.8 Å². The molecule has 0 aliphatic carbocycles. The van der Waals surface area contributed by atoms with Gasteiger partial charge in [-0.25, -0.2) is 4.98 Å². The van der Waals surface area contributed by atoms with Crippen LogP contribution in [-0.2, 0) is 4.79 Å². The van der Waals surface area contributed by atoms with E-state index in [2.05, 4.69) is 10.3 Å². The smallest absolute Gasteiger partial charge is 0.250 e. The molecule has 4 rings (SSSR count). The number of fused-ring (bicyclic) bond motifs is 1. The third-order valence-electron chi connectivity index (χ3n) is 3.50. The molecular weight excluding hydrogens is 356 g/mol. The monoisotopic (exact) mass is 370 g/mol. The summed E-state index contributed by atoms with van der Waals surface area (Å²) in [4.78, 5) is 17.6. The van der Waals surface area contributed by atoms with Crippen molar-refractivity contribution in [1.29, 1.82) is 0 Å². The lowest BCUT2D eigenvalue weighted by molar-refractivity contribution is -0.111. The number of nitrogens with zero attached hydrogens (tertiary/aromatic N) is 1. The summed E-state index contributed by atoms with van der Waals surface area (Å²) in [5.41, 5.74) is 1.75. The fourth-order valence-electron chi connectivity index (χ4n) is 2.35. The summed E-state index contributed by atoms with van der Waals surface area (Å²) in [6, 6.07) is 9.58. The van der Waals surface area contributed by atoms with Crippen molar-refractivity contribution in [3.63, 3.8) is 0 Å². The predicted molar refractivity (Wildman–Crippen MR) is 101 cm³/mol. The Morgan fingerprint density at radius 1 is 1.16 bits per heavy atom. The molecule has 0 unspecified atom stereocenters. The van der Waals surface area contributed by atoms with E-state index in [-0.39, 0.29) is 5.91 Å². The first-order valence-electron chi connectivity index (χ1n) is 7.66. The SMILES string of the molecule is O=C(/C=C/c1ccc2c(c1)OCCO2)Nc1nc(-c2cccs2)cs1. The Bertz CT molecular complexity index is 916. The molecule has 7 heteroatoms. The Morgan fingerprint density at radius 3 is 2.88 bits per heavy atom. The first-order valence-corrected chi connectivity index (χ1v) is 9.42. The number of thiazole rings is 1. The molecule has 3 heterocycles. The van der Waals surface area contributed by atoms with Gasteiger partial charge in [0.1, 0.15) is 13.2 Å². The number of thiophene rings is 1. The standard InChI is InChI=1S/C18H14N2O3S2/c21-17(20-18-19-13(11-25-18)16-2-1-9-24-16)6-4-12-3-5-14-15(10-12)23-8-7-22-14/h1-6,9-11H,7-8H2,(H,19,20,21)/b6-4+. The molecule has 0 saturated carbocycles. The van der Waals surface area contributed by atoms with Crippen LogP contribution >= 0.6 is 22.7 Å². The number of rotatable bonds is 4. The third kappa shape index (κ3) is 3.72. The average molecular weight is 370 g/mol. The molecule has 0 spiro atoms. The van der Waals surface area contributed by atoms with Gasteiger partial charge in [-0.1, -0.05) is 12.1 Å². The zero-order chi connectivity index (χ0) is 17.1. The van der Waals surface area contributed by atoms with Crippen LogP contribution in [0.5, 0.6) is 11.5 Å². The van der Waals surface area contributed by atoms with Crippen molar-refractivity contribution in [1.82, 2.24) is 4.98 Å². The highest BCUT2D eigenvalue weighted by atomic mass is 32.1. The van der Waals surface area contributed by atoms with Gasteiger partial charge in [0.05, 0.1) is 10.6 Å². The number of amides is 1. The number of hydrogen-bond acceptors (Lipinski definition) is 6. The lowest BCUT2D eigenvalue weighted by Gasteiger charge is -2.18. The second kappa shape index (κ2) is 7.08. The van der Waals surface area contributed by atoms with Crippen LogP contribution in [-0.4, -0.2) is 24.1 Å². The highest BCUT2D eigenvalue weighted by Gasteiger charge is 2.11. The number of carbonyl (C=O) groups excluding carboxylic acids is 1. The number of anilines is 1. The molecule has 3 aromatic rings. The van der Waals surface area contributed by atoms with Crippen LogP contribution in [0, 0.1) is 0 Å². The van der Waals surface area contributed by atoms with E-state index in [4.69, 9.17) is 9.47 Å². The predicted octanol–water partition coefficient (Wildman–Crippen LogP) is 4.29. The molecule has 5 nitrogen and oxygen atoms in total. The molecule has 1 amide bonds. The fraction of sp³-hybridized carbons (Fsp3) is 0.111. The van der Waals surface area contributed by atoms with Crippen LogP contribution in [0.3, 0.4) is 0 Å². The van der Waals surface area contributed by atoms with Gasteiger partial charge in [-0.3, -0.25) is 10.1 Å². The van der Waals surface area contributed by atoms with Gasteiger partial charge in [0.15, 0.2) is 16.6 Å². The fourth-order valence-corrected chi connectivity index (χ4v) is 3.83. The van der Waals surface area contributed by atoms with E-state index in [9.17, 15) is 4.79 Å². The molecular formula is C18H14N2O3S2. The molecule has 0 bridgehead atoms. The largest absolute Gasteiger partial charge is 0.486 e. The molecule has 0 atom stereocenters. The van der Waals surface area contributed by atoms with E-state index in [1.165, 1.54) is 17.4 Å². The highest BCUT2D eigenvalue weighted by molar-refractivity contribution is 7.16. The molecule has 0 radical (unpaired) electrons. The van der Waals surface area contributed by atoms with Gasteiger partial charge < -0.3 is 9.47 Å². The second-order valence-electron chi connectivity index (χ2n) is 5.24. The van der Waals surface area contributed by atoms with Gasteiger partial charge in [0.25, 0.3) is 0 Å². The number of carbonyl (C=O) groups is 1. The summed E-state index contributed by atoms with van der Waals surface area (Å²) in [5.74, 6) is 1.22. The van der Waals surface area contributed by atoms with Crippen LogP contribution in [0.1, 0.15) is 5.56 Å². The number of ether oxygens (including phenoxy) is 2. The Morgan fingerprint density at radius 2 is 2.04 bits per heavy atom. The Kier molecular flexibility index (Phi) is 4.49. The van der Waals surface area contributed by atoms with Crippen LogP contribution in [0.2, 0.25) is 0 Å². The van der Waals surface area contributed by atoms with Crippen molar-refractivity contribution in [3.05, 3.63) is 52.7 Å². The van der Waals surface area contributed by atoms with Crippen LogP contribution in [0.4, 0.5) is 5.13 Å². The Hall–Kier alpha value is -2.64. The van der Waals surface area contributed by atoms with E-state index in [0.717, 1.165) is 21.9 Å². The molecule has 1 N–H and O–H groups in total. The van der Waals surface area contributed by atoms with Crippen LogP contribution in [0.25, 0.3) is 16.6 Å². The highest BCUT2D eigenvalue weighted by Crippen LogP contribution is 2.31. The molecule has 0 fully saturated rings. The molecule has 1 aliphatic heterocycles. The maximum Gasteiger partial charge on any atom is 0.250 e. The summed E-state index contributed by atoms with van der Waals surface area (Å²) >= 11 is 3.03. The zero-order valence-corrected chi connectivity index (χ0v) is 14.7. The van der Waals surface area contributed by atoms with Gasteiger partial charge in [0, 0.05) is 11.5 Å². The summed E-state index contributed by atoms with van der Waals surface area (Å²) < 4.78 is 11.0. The first-order chi connectivity index (χ1) is 12.3. The van der Waals surface area contributed by atoms with Crippen LogP contribution in [0.15, 0.2) is 47.2 Å². The van der Waals surface area contributed by atoms with Crippen molar-refractivity contribution in [2.45, 2.75) is 0 Å². The Balaban J connectivity index is 1.41. The maximum absolute atomic E-state index is 12.1. The van der Waals surface area contributed by atoms with Gasteiger partial charge in [-0.15, -0.1) is 22.7 Å². The summed E-state index contributed by atoms with van der Waals surface area (Å²) in [6.07, 6.45) is 3.22. The second-order valence-corrected chi connectivity index (χ2v) is 7.05. The molecule has 126 valence electrons. The van der Waals surface area contributed by atoms with Gasteiger partial charge in [-0.05, 0) is 35.2 Å². The van der Waals surface area contributed by atoms with E-state index in [1.54, 1.807) is 17.4 Å².